The van der Waals surface area contributed by atoms with Gasteiger partial charge in [-0.15, -0.1) is 11.3 Å². The van der Waals surface area contributed by atoms with E-state index in [2.05, 4.69) is 15.2 Å². The van der Waals surface area contributed by atoms with E-state index >= 15 is 0 Å². The second-order valence-corrected chi connectivity index (χ2v) is 12.3. The fourth-order valence-electron chi connectivity index (χ4n) is 4.87. The van der Waals surface area contributed by atoms with Crippen LogP contribution in [0.5, 0.6) is 0 Å². The summed E-state index contributed by atoms with van der Waals surface area (Å²) >= 11 is 7.79. The van der Waals surface area contributed by atoms with Crippen LogP contribution in [0.25, 0.3) is 0 Å². The van der Waals surface area contributed by atoms with Gasteiger partial charge in [-0.2, -0.15) is 4.31 Å². The number of amidine groups is 1. The summed E-state index contributed by atoms with van der Waals surface area (Å²) in [6, 6.07) is 2.64. The van der Waals surface area contributed by atoms with Gasteiger partial charge in [0, 0.05) is 59.6 Å². The van der Waals surface area contributed by atoms with E-state index in [1.165, 1.54) is 47.2 Å². The first-order valence-electron chi connectivity index (χ1n) is 11.4. The van der Waals surface area contributed by atoms with Crippen LogP contribution in [0.1, 0.15) is 16.6 Å². The average molecular weight is 570 g/mol. The molecule has 4 heterocycles. The van der Waals surface area contributed by atoms with Gasteiger partial charge in [0.1, 0.15) is 11.9 Å². The summed E-state index contributed by atoms with van der Waals surface area (Å²) in [5, 5.41) is 5.82. The number of piperazine rings is 1. The van der Waals surface area contributed by atoms with Crippen LogP contribution in [0, 0.1) is 5.82 Å². The molecule has 0 amide bonds. The number of hydrogen-bond donors (Lipinski definition) is 1. The molecule has 3 aliphatic rings. The summed E-state index contributed by atoms with van der Waals surface area (Å²) in [6.07, 6.45) is 2.85. The number of sulfonamides is 1. The van der Waals surface area contributed by atoms with Crippen molar-refractivity contribution in [3.8, 4) is 0 Å². The van der Waals surface area contributed by atoms with Crippen LogP contribution in [0.4, 0.5) is 4.39 Å². The highest BCUT2D eigenvalue weighted by Gasteiger charge is 2.43. The third-order valence-corrected chi connectivity index (χ3v) is 8.96. The molecule has 0 radical (unpaired) electrons. The number of carbonyl (C=O) groups excluding carboxylic acids is 1. The van der Waals surface area contributed by atoms with E-state index in [0.29, 0.717) is 35.3 Å². The largest absolute Gasteiger partial charge is 0.466 e. The minimum atomic E-state index is -3.37. The number of aromatic nitrogens is 1. The molecule has 2 unspecified atom stereocenters. The number of nitrogens with one attached hydrogen (secondary N) is 1. The SMILES string of the molecule is COC(=O)C1=C(CN2C3COCC2CN(S(C)(=O)=O)C3)NC(c2nccs2)=N[C@H]1c1ccc(F)cc1Cl. The van der Waals surface area contributed by atoms with Gasteiger partial charge in [-0.1, -0.05) is 17.7 Å². The maximum atomic E-state index is 13.9. The fraction of sp³-hybridized carbons (Fsp3) is 0.435. The molecule has 14 heteroatoms. The topological polar surface area (TPSA) is 113 Å². The molecule has 0 saturated carbocycles. The highest BCUT2D eigenvalue weighted by Crippen LogP contribution is 2.37. The lowest BCUT2D eigenvalue weighted by Crippen LogP contribution is -2.66. The average Bonchev–Trinajstić information content (AvgIpc) is 3.37. The monoisotopic (exact) mass is 569 g/mol. The van der Waals surface area contributed by atoms with Gasteiger partial charge in [-0.05, 0) is 12.1 Å². The van der Waals surface area contributed by atoms with Crippen molar-refractivity contribution in [2.24, 2.45) is 4.99 Å². The molecule has 2 fully saturated rings. The molecule has 2 saturated heterocycles. The van der Waals surface area contributed by atoms with E-state index in [0.717, 1.165) is 0 Å². The molecule has 2 bridgehead atoms. The number of ether oxygens (including phenoxy) is 2. The Kier molecular flexibility index (Phi) is 7.35. The van der Waals surface area contributed by atoms with Gasteiger partial charge >= 0.3 is 5.97 Å². The van der Waals surface area contributed by atoms with Crippen molar-refractivity contribution in [2.75, 3.05) is 46.2 Å². The Morgan fingerprint density at radius 2 is 2.05 bits per heavy atom. The Labute approximate surface area is 222 Å². The summed E-state index contributed by atoms with van der Waals surface area (Å²) in [5.74, 6) is -0.669. The molecule has 2 aromatic rings. The zero-order valence-corrected chi connectivity index (χ0v) is 22.4. The quantitative estimate of drug-likeness (QED) is 0.524. The summed E-state index contributed by atoms with van der Waals surface area (Å²) < 4.78 is 50.7. The molecule has 5 rings (SSSR count). The van der Waals surface area contributed by atoms with E-state index in [9.17, 15) is 17.6 Å². The number of morpholine rings is 1. The van der Waals surface area contributed by atoms with Crippen molar-refractivity contribution < 1.29 is 27.1 Å². The van der Waals surface area contributed by atoms with Crippen LogP contribution in [-0.2, 0) is 24.3 Å². The number of carbonyl (C=O) groups is 1. The molecular weight excluding hydrogens is 545 g/mol. The van der Waals surface area contributed by atoms with Gasteiger partial charge in [0.05, 0.1) is 32.2 Å². The zero-order valence-electron chi connectivity index (χ0n) is 20.1. The predicted octanol–water partition coefficient (Wildman–Crippen LogP) is 1.80. The van der Waals surface area contributed by atoms with E-state index < -0.39 is 27.9 Å². The zero-order chi connectivity index (χ0) is 26.3. The first-order chi connectivity index (χ1) is 17.7. The van der Waals surface area contributed by atoms with Crippen molar-refractivity contribution in [1.29, 1.82) is 0 Å². The van der Waals surface area contributed by atoms with E-state index in [4.69, 9.17) is 26.1 Å². The molecule has 1 aromatic carbocycles. The number of hydrogen-bond acceptors (Lipinski definition) is 10. The third-order valence-electron chi connectivity index (χ3n) is 6.62. The summed E-state index contributed by atoms with van der Waals surface area (Å²) in [6.45, 7) is 1.53. The summed E-state index contributed by atoms with van der Waals surface area (Å²) in [4.78, 5) is 24.4. The molecular formula is C23H25ClFN5O5S2. The summed E-state index contributed by atoms with van der Waals surface area (Å²) in [5.41, 5.74) is 1.21. The number of fused-ring (bicyclic) bond motifs is 2. The van der Waals surface area contributed by atoms with Crippen molar-refractivity contribution in [3.63, 3.8) is 0 Å². The predicted molar refractivity (Wildman–Crippen MR) is 136 cm³/mol. The molecule has 37 heavy (non-hydrogen) atoms. The Morgan fingerprint density at radius 1 is 1.32 bits per heavy atom. The van der Waals surface area contributed by atoms with E-state index in [1.54, 1.807) is 6.20 Å². The molecule has 0 aliphatic carbocycles. The highest BCUT2D eigenvalue weighted by molar-refractivity contribution is 7.88. The molecule has 0 spiro atoms. The number of nitrogens with zero attached hydrogens (tertiary/aromatic N) is 4. The number of methoxy groups -OCH3 is 1. The molecule has 1 aromatic heterocycles. The van der Waals surface area contributed by atoms with Crippen LogP contribution >= 0.6 is 22.9 Å². The van der Waals surface area contributed by atoms with Crippen molar-refractivity contribution in [3.05, 3.63) is 62.5 Å². The number of benzene rings is 1. The van der Waals surface area contributed by atoms with Crippen LogP contribution in [0.2, 0.25) is 5.02 Å². The standard InChI is InChI=1S/C23H25ClFN5O5S2/c1-34-23(31)19-18(10-30-14-8-29(37(2,32)33)9-15(30)12-35-11-14)27-21(22-26-5-6-36-22)28-20(19)16-4-3-13(25)7-17(16)24/h3-7,14-15,20H,8-12H2,1-2H3,(H,27,28)/t14?,15?,20-/m0/s1. The lowest BCUT2D eigenvalue weighted by Gasteiger charge is -2.49. The number of rotatable bonds is 6. The maximum Gasteiger partial charge on any atom is 0.338 e. The van der Waals surface area contributed by atoms with Crippen molar-refractivity contribution in [1.82, 2.24) is 19.5 Å². The minimum absolute atomic E-state index is 0.127. The molecule has 198 valence electrons. The maximum absolute atomic E-state index is 13.9. The Morgan fingerprint density at radius 3 is 2.65 bits per heavy atom. The number of thiazole rings is 1. The van der Waals surface area contributed by atoms with Gasteiger partial charge in [0.25, 0.3) is 0 Å². The second kappa shape index (κ2) is 10.4. The van der Waals surface area contributed by atoms with E-state index in [-0.39, 0.29) is 42.3 Å². The Balaban J connectivity index is 1.57. The lowest BCUT2D eigenvalue weighted by atomic mass is 9.94. The number of aliphatic imine (C=N–C) groups is 1. The minimum Gasteiger partial charge on any atom is -0.466 e. The van der Waals surface area contributed by atoms with Crippen LogP contribution in [0.15, 0.2) is 46.0 Å². The molecule has 3 aliphatic heterocycles. The Bertz CT molecular complexity index is 1350. The first kappa shape index (κ1) is 26.2. The van der Waals surface area contributed by atoms with Gasteiger partial charge in [-0.25, -0.2) is 22.6 Å². The number of esters is 1. The number of halogens is 2. The van der Waals surface area contributed by atoms with Crippen molar-refractivity contribution in [2.45, 2.75) is 18.1 Å². The van der Waals surface area contributed by atoms with Crippen LogP contribution in [-0.4, -0.2) is 92.7 Å². The van der Waals surface area contributed by atoms with Gasteiger partial charge < -0.3 is 14.8 Å². The first-order valence-corrected chi connectivity index (χ1v) is 14.6. The lowest BCUT2D eigenvalue weighted by molar-refractivity contribution is -0.136. The fourth-order valence-corrected chi connectivity index (χ4v) is 6.61. The van der Waals surface area contributed by atoms with Crippen molar-refractivity contribution >= 4 is 44.8 Å². The van der Waals surface area contributed by atoms with E-state index in [1.807, 2.05) is 5.38 Å². The highest BCUT2D eigenvalue weighted by atomic mass is 35.5. The summed E-state index contributed by atoms with van der Waals surface area (Å²) in [7, 11) is -2.08. The Hall–Kier alpha value is -2.42. The van der Waals surface area contributed by atoms with Crippen LogP contribution < -0.4 is 5.32 Å². The molecule has 10 nitrogen and oxygen atoms in total. The third kappa shape index (κ3) is 5.29. The van der Waals surface area contributed by atoms with Gasteiger partial charge in [0.2, 0.25) is 10.0 Å². The second-order valence-electron chi connectivity index (χ2n) is 8.99. The molecule has 1 N–H and O–H groups in total. The normalized spacial score (nSPS) is 25.0. The van der Waals surface area contributed by atoms with Gasteiger partial charge in [0.15, 0.2) is 10.8 Å². The smallest absolute Gasteiger partial charge is 0.338 e. The van der Waals surface area contributed by atoms with Crippen LogP contribution in [0.3, 0.4) is 0 Å². The molecule has 3 atom stereocenters. The van der Waals surface area contributed by atoms with Gasteiger partial charge in [-0.3, -0.25) is 9.89 Å².